The number of rotatable bonds is 4. The minimum Gasteiger partial charge on any atom is -0.339 e. The molecule has 0 aliphatic carbocycles. The van der Waals surface area contributed by atoms with E-state index in [-0.39, 0.29) is 11.6 Å². The van der Waals surface area contributed by atoms with Crippen LogP contribution in [0, 0.1) is 10.1 Å². The molecule has 1 fully saturated rings. The summed E-state index contributed by atoms with van der Waals surface area (Å²) >= 11 is 0. The summed E-state index contributed by atoms with van der Waals surface area (Å²) in [6.07, 6.45) is 2.41. The van der Waals surface area contributed by atoms with Gasteiger partial charge in [-0.25, -0.2) is 0 Å². The Morgan fingerprint density at radius 3 is 2.62 bits per heavy atom. The first kappa shape index (κ1) is 15.4. The maximum Gasteiger partial charge on any atom is 0.273 e. The van der Waals surface area contributed by atoms with Crippen molar-refractivity contribution in [2.75, 3.05) is 20.1 Å². The zero-order valence-electron chi connectivity index (χ0n) is 12.5. The summed E-state index contributed by atoms with van der Waals surface area (Å²) in [6, 6.07) is 5.24. The number of carbonyl (C=O) groups excluding carboxylic acids is 1. The molecule has 1 saturated heterocycles. The Labute approximate surface area is 124 Å². The number of nitro groups is 1. The molecule has 1 N–H and O–H groups in total. The van der Waals surface area contributed by atoms with Gasteiger partial charge in [0.1, 0.15) is 0 Å². The van der Waals surface area contributed by atoms with Gasteiger partial charge in [-0.2, -0.15) is 0 Å². The van der Waals surface area contributed by atoms with Gasteiger partial charge in [-0.05, 0) is 32.4 Å². The highest BCUT2D eigenvalue weighted by Gasteiger charge is 2.24. The van der Waals surface area contributed by atoms with Crippen molar-refractivity contribution in [3.8, 4) is 0 Å². The van der Waals surface area contributed by atoms with Gasteiger partial charge < -0.3 is 10.2 Å². The summed E-state index contributed by atoms with van der Waals surface area (Å²) in [5, 5.41) is 14.3. The Morgan fingerprint density at radius 1 is 1.43 bits per heavy atom. The van der Waals surface area contributed by atoms with Gasteiger partial charge >= 0.3 is 0 Å². The van der Waals surface area contributed by atoms with Crippen molar-refractivity contribution in [1.82, 2.24) is 10.2 Å². The molecule has 1 aromatic carbocycles. The topological polar surface area (TPSA) is 75.5 Å². The van der Waals surface area contributed by atoms with E-state index in [9.17, 15) is 14.9 Å². The molecule has 1 aliphatic heterocycles. The Hall–Kier alpha value is -1.95. The average Bonchev–Trinajstić information content (AvgIpc) is 2.53. The van der Waals surface area contributed by atoms with Crippen LogP contribution in [0.4, 0.5) is 5.69 Å². The Balaban J connectivity index is 2.16. The van der Waals surface area contributed by atoms with Crippen molar-refractivity contribution < 1.29 is 9.72 Å². The van der Waals surface area contributed by atoms with E-state index in [0.717, 1.165) is 12.8 Å². The Morgan fingerprint density at radius 2 is 2.10 bits per heavy atom. The SMILES string of the molecule is CCc1ccc(C(=O)N2CCC(NC)CC2)cc1[N+](=O)[O-]. The second-order valence-electron chi connectivity index (χ2n) is 5.31. The van der Waals surface area contributed by atoms with E-state index in [2.05, 4.69) is 5.32 Å². The van der Waals surface area contributed by atoms with Crippen molar-refractivity contribution in [1.29, 1.82) is 0 Å². The lowest BCUT2D eigenvalue weighted by Gasteiger charge is -2.31. The highest BCUT2D eigenvalue weighted by Crippen LogP contribution is 2.22. The lowest BCUT2D eigenvalue weighted by atomic mass is 10.0. The molecule has 0 bridgehead atoms. The summed E-state index contributed by atoms with van der Waals surface area (Å²) in [5.74, 6) is -0.115. The van der Waals surface area contributed by atoms with Crippen LogP contribution in [0.25, 0.3) is 0 Å². The molecule has 0 aromatic heterocycles. The standard InChI is InChI=1S/C15H21N3O3/c1-3-11-4-5-12(10-14(11)18(20)21)15(19)17-8-6-13(16-2)7-9-17/h4-5,10,13,16H,3,6-9H2,1-2H3. The van der Waals surface area contributed by atoms with Gasteiger partial charge in [0.05, 0.1) is 4.92 Å². The van der Waals surface area contributed by atoms with Crippen molar-refractivity contribution in [2.24, 2.45) is 0 Å². The molecular formula is C15H21N3O3. The largest absolute Gasteiger partial charge is 0.339 e. The van der Waals surface area contributed by atoms with Gasteiger partial charge in [0.2, 0.25) is 0 Å². The van der Waals surface area contributed by atoms with Crippen LogP contribution >= 0.6 is 0 Å². The van der Waals surface area contributed by atoms with E-state index in [1.807, 2.05) is 14.0 Å². The number of benzene rings is 1. The van der Waals surface area contributed by atoms with Gasteiger partial charge in [0.15, 0.2) is 0 Å². The number of hydrogen-bond acceptors (Lipinski definition) is 4. The number of amides is 1. The smallest absolute Gasteiger partial charge is 0.273 e. The monoisotopic (exact) mass is 291 g/mol. The molecule has 6 nitrogen and oxygen atoms in total. The third kappa shape index (κ3) is 3.39. The highest BCUT2D eigenvalue weighted by atomic mass is 16.6. The summed E-state index contributed by atoms with van der Waals surface area (Å²) < 4.78 is 0. The number of aryl methyl sites for hydroxylation is 1. The lowest BCUT2D eigenvalue weighted by molar-refractivity contribution is -0.385. The number of nitro benzene ring substituents is 1. The summed E-state index contributed by atoms with van der Waals surface area (Å²) in [5.41, 5.74) is 1.10. The van der Waals surface area contributed by atoms with E-state index < -0.39 is 4.92 Å². The van der Waals surface area contributed by atoms with Crippen LogP contribution in [0.1, 0.15) is 35.7 Å². The minimum atomic E-state index is -0.414. The fraction of sp³-hybridized carbons (Fsp3) is 0.533. The summed E-state index contributed by atoms with van der Waals surface area (Å²) in [6.45, 7) is 3.24. The predicted octanol–water partition coefficient (Wildman–Crippen LogP) is 1.98. The molecule has 1 aliphatic rings. The second kappa shape index (κ2) is 6.67. The third-order valence-corrected chi connectivity index (χ3v) is 4.10. The van der Waals surface area contributed by atoms with Gasteiger partial charge in [-0.15, -0.1) is 0 Å². The molecule has 2 rings (SSSR count). The quantitative estimate of drug-likeness (QED) is 0.680. The van der Waals surface area contributed by atoms with Crippen LogP contribution in [0.5, 0.6) is 0 Å². The van der Waals surface area contributed by atoms with Gasteiger partial charge in [-0.1, -0.05) is 13.0 Å². The number of likely N-dealkylation sites (tertiary alicyclic amines) is 1. The number of hydrogen-bond donors (Lipinski definition) is 1. The molecule has 1 aromatic rings. The maximum absolute atomic E-state index is 12.5. The summed E-state index contributed by atoms with van der Waals surface area (Å²) in [4.78, 5) is 24.9. The molecule has 21 heavy (non-hydrogen) atoms. The first-order valence-electron chi connectivity index (χ1n) is 7.30. The van der Waals surface area contributed by atoms with Crippen LogP contribution in [0.15, 0.2) is 18.2 Å². The summed E-state index contributed by atoms with van der Waals surface area (Å²) in [7, 11) is 1.93. The van der Waals surface area contributed by atoms with Crippen molar-refractivity contribution in [2.45, 2.75) is 32.2 Å². The average molecular weight is 291 g/mol. The number of nitrogens with one attached hydrogen (secondary N) is 1. The van der Waals surface area contributed by atoms with Crippen LogP contribution < -0.4 is 5.32 Å². The van der Waals surface area contributed by atoms with Gasteiger partial charge in [-0.3, -0.25) is 14.9 Å². The van der Waals surface area contributed by atoms with Crippen molar-refractivity contribution in [3.63, 3.8) is 0 Å². The normalized spacial score (nSPS) is 16.0. The van der Waals surface area contributed by atoms with Crippen LogP contribution in [-0.4, -0.2) is 41.9 Å². The molecular weight excluding hydrogens is 270 g/mol. The number of piperidine rings is 1. The molecule has 1 heterocycles. The first-order chi connectivity index (χ1) is 10.1. The molecule has 0 atom stereocenters. The molecule has 0 unspecified atom stereocenters. The van der Waals surface area contributed by atoms with Crippen LogP contribution in [0.2, 0.25) is 0 Å². The molecule has 0 saturated carbocycles. The van der Waals surface area contributed by atoms with E-state index in [1.54, 1.807) is 17.0 Å². The van der Waals surface area contributed by atoms with Gasteiger partial charge in [0, 0.05) is 36.3 Å². The first-order valence-corrected chi connectivity index (χ1v) is 7.30. The van der Waals surface area contributed by atoms with Gasteiger partial charge in [0.25, 0.3) is 11.6 Å². The fourth-order valence-corrected chi connectivity index (χ4v) is 2.72. The highest BCUT2D eigenvalue weighted by molar-refractivity contribution is 5.95. The van der Waals surface area contributed by atoms with E-state index >= 15 is 0 Å². The second-order valence-corrected chi connectivity index (χ2v) is 5.31. The lowest BCUT2D eigenvalue weighted by Crippen LogP contribution is -2.43. The predicted molar refractivity (Wildman–Crippen MR) is 80.5 cm³/mol. The Bertz CT molecular complexity index is 537. The molecule has 6 heteroatoms. The van der Waals surface area contributed by atoms with E-state index in [0.29, 0.717) is 36.7 Å². The fourth-order valence-electron chi connectivity index (χ4n) is 2.72. The minimum absolute atomic E-state index is 0.0356. The van der Waals surface area contributed by atoms with Crippen LogP contribution in [-0.2, 0) is 6.42 Å². The van der Waals surface area contributed by atoms with E-state index in [4.69, 9.17) is 0 Å². The Kier molecular flexibility index (Phi) is 4.90. The van der Waals surface area contributed by atoms with E-state index in [1.165, 1.54) is 6.07 Å². The number of nitrogens with zero attached hydrogens (tertiary/aromatic N) is 2. The van der Waals surface area contributed by atoms with Crippen molar-refractivity contribution >= 4 is 11.6 Å². The molecule has 0 radical (unpaired) electrons. The van der Waals surface area contributed by atoms with Crippen LogP contribution in [0.3, 0.4) is 0 Å². The molecule has 0 spiro atoms. The maximum atomic E-state index is 12.5. The number of carbonyl (C=O) groups is 1. The zero-order valence-corrected chi connectivity index (χ0v) is 12.5. The molecule has 114 valence electrons. The molecule has 1 amide bonds. The zero-order chi connectivity index (χ0) is 15.4. The van der Waals surface area contributed by atoms with Crippen molar-refractivity contribution in [3.05, 3.63) is 39.4 Å². The third-order valence-electron chi connectivity index (χ3n) is 4.10.